The van der Waals surface area contributed by atoms with Crippen LogP contribution in [0.25, 0.3) is 0 Å². The van der Waals surface area contributed by atoms with Crippen LogP contribution in [-0.4, -0.2) is 21.8 Å². The molecule has 2 aromatic heterocycles. The van der Waals surface area contributed by atoms with Gasteiger partial charge < -0.3 is 11.1 Å². The van der Waals surface area contributed by atoms with Crippen molar-refractivity contribution in [3.05, 3.63) is 51.6 Å². The fourth-order valence-corrected chi connectivity index (χ4v) is 1.84. The van der Waals surface area contributed by atoms with E-state index in [9.17, 15) is 14.0 Å². The number of primary amides is 1. The van der Waals surface area contributed by atoms with Crippen LogP contribution < -0.4 is 11.1 Å². The average Bonchev–Trinajstić information content (AvgIpc) is 2.43. The summed E-state index contributed by atoms with van der Waals surface area (Å²) in [5, 5.41) is 1.65. The van der Waals surface area contributed by atoms with Gasteiger partial charge in [0.05, 0.1) is 5.56 Å². The number of pyridine rings is 2. The molecule has 0 aromatic carbocycles. The Labute approximate surface area is 128 Å². The highest BCUT2D eigenvalue weighted by Gasteiger charge is 2.16. The first-order chi connectivity index (χ1) is 9.88. The molecule has 3 N–H and O–H groups in total. The number of carbonyl (C=O) groups is 2. The number of nitrogens with two attached hydrogens (primary N) is 1. The molecule has 0 atom stereocenters. The van der Waals surface area contributed by atoms with Crippen LogP contribution in [0.1, 0.15) is 20.8 Å². The van der Waals surface area contributed by atoms with Crippen molar-refractivity contribution in [1.82, 2.24) is 9.97 Å². The van der Waals surface area contributed by atoms with Gasteiger partial charge in [-0.2, -0.15) is 0 Å². The van der Waals surface area contributed by atoms with Crippen molar-refractivity contribution in [1.29, 1.82) is 0 Å². The lowest BCUT2D eigenvalue weighted by Gasteiger charge is -2.07. The fourth-order valence-electron chi connectivity index (χ4n) is 1.43. The van der Waals surface area contributed by atoms with E-state index in [0.29, 0.717) is 0 Å². The molecule has 0 aliphatic heterocycles. The Hall–Kier alpha value is -2.25. The minimum Gasteiger partial charge on any atom is -0.364 e. The van der Waals surface area contributed by atoms with Gasteiger partial charge in [0.2, 0.25) is 0 Å². The molecule has 6 nitrogen and oxygen atoms in total. The van der Waals surface area contributed by atoms with E-state index >= 15 is 0 Å². The Morgan fingerprint density at radius 1 is 1.19 bits per heavy atom. The summed E-state index contributed by atoms with van der Waals surface area (Å²) in [5.74, 6) is -2.33. The van der Waals surface area contributed by atoms with Gasteiger partial charge in [-0.15, -0.1) is 0 Å². The highest BCUT2D eigenvalue weighted by Crippen LogP contribution is 2.21. The topological polar surface area (TPSA) is 98.0 Å². The first-order valence-electron chi connectivity index (χ1n) is 5.48. The van der Waals surface area contributed by atoms with Crippen molar-refractivity contribution in [3.63, 3.8) is 0 Å². The summed E-state index contributed by atoms with van der Waals surface area (Å²) in [6, 6.07) is 5.14. The summed E-state index contributed by atoms with van der Waals surface area (Å²) in [7, 11) is 0. The van der Waals surface area contributed by atoms with Crippen LogP contribution in [0, 0.1) is 5.82 Å². The Balaban J connectivity index is 2.28. The lowest BCUT2D eigenvalue weighted by Crippen LogP contribution is -2.17. The molecule has 2 amide bonds. The lowest BCUT2D eigenvalue weighted by atomic mass is 10.2. The fraction of sp³-hybridized carbons (Fsp3) is 0. The molecule has 108 valence electrons. The number of amides is 2. The molecular weight excluding hydrogens is 322 g/mol. The van der Waals surface area contributed by atoms with E-state index in [0.717, 1.165) is 6.07 Å². The summed E-state index contributed by atoms with van der Waals surface area (Å²) in [6.07, 6.45) is 0. The van der Waals surface area contributed by atoms with Gasteiger partial charge in [0, 0.05) is 0 Å². The molecule has 2 aromatic rings. The van der Waals surface area contributed by atoms with Gasteiger partial charge in [0.15, 0.2) is 11.0 Å². The van der Waals surface area contributed by atoms with E-state index < -0.39 is 22.8 Å². The molecule has 0 aliphatic rings. The third-order valence-corrected chi connectivity index (χ3v) is 2.93. The molecule has 0 saturated carbocycles. The van der Waals surface area contributed by atoms with Crippen molar-refractivity contribution >= 4 is 40.8 Å². The number of anilines is 1. The molecule has 0 aliphatic carbocycles. The predicted molar refractivity (Wildman–Crippen MR) is 74.9 cm³/mol. The molecular formula is C12H7Cl2FN4O2. The second-order valence-corrected chi connectivity index (χ2v) is 4.54. The van der Waals surface area contributed by atoms with Crippen molar-refractivity contribution < 1.29 is 14.0 Å². The molecule has 2 rings (SSSR count). The second-order valence-electron chi connectivity index (χ2n) is 3.83. The Morgan fingerprint density at radius 2 is 1.90 bits per heavy atom. The summed E-state index contributed by atoms with van der Waals surface area (Å²) >= 11 is 11.2. The number of carbonyl (C=O) groups excluding carboxylic acids is 2. The number of halogens is 3. The zero-order valence-electron chi connectivity index (χ0n) is 10.2. The standard InChI is InChI=1S/C12H7Cl2FN4O2/c13-9-5(4-6(15)10(14)19-9)12(21)18-8-3-1-2-7(17-8)11(16)20/h1-4H,(H2,16,20)(H,17,18,21). The Kier molecular flexibility index (Phi) is 4.35. The smallest absolute Gasteiger partial charge is 0.267 e. The zero-order chi connectivity index (χ0) is 15.6. The predicted octanol–water partition coefficient (Wildman–Crippen LogP) is 2.27. The summed E-state index contributed by atoms with van der Waals surface area (Å²) in [5.41, 5.74) is 4.83. The van der Waals surface area contributed by atoms with Crippen LogP contribution >= 0.6 is 23.2 Å². The number of aromatic nitrogens is 2. The van der Waals surface area contributed by atoms with Crippen molar-refractivity contribution in [2.75, 3.05) is 5.32 Å². The number of rotatable bonds is 3. The highest BCUT2D eigenvalue weighted by molar-refractivity contribution is 6.35. The first kappa shape index (κ1) is 15.1. The molecule has 0 spiro atoms. The molecule has 2 heterocycles. The number of nitrogens with one attached hydrogen (secondary N) is 1. The Bertz CT molecular complexity index is 739. The van der Waals surface area contributed by atoms with Gasteiger partial charge in [0.25, 0.3) is 11.8 Å². The summed E-state index contributed by atoms with van der Waals surface area (Å²) in [4.78, 5) is 30.3. The second kappa shape index (κ2) is 6.02. The lowest BCUT2D eigenvalue weighted by molar-refractivity contribution is 0.0991. The molecule has 0 radical (unpaired) electrons. The normalized spacial score (nSPS) is 10.2. The summed E-state index contributed by atoms with van der Waals surface area (Å²) in [6.45, 7) is 0. The monoisotopic (exact) mass is 328 g/mol. The molecule has 9 heteroatoms. The molecule has 0 bridgehead atoms. The van der Waals surface area contributed by atoms with Crippen molar-refractivity contribution in [2.45, 2.75) is 0 Å². The van der Waals surface area contributed by atoms with Gasteiger partial charge in [-0.05, 0) is 18.2 Å². The summed E-state index contributed by atoms with van der Waals surface area (Å²) < 4.78 is 13.3. The maximum absolute atomic E-state index is 13.3. The van der Waals surface area contributed by atoms with E-state index in [-0.39, 0.29) is 22.2 Å². The minimum absolute atomic E-state index is 0.0284. The number of nitrogens with zero attached hydrogens (tertiary/aromatic N) is 2. The van der Waals surface area contributed by atoms with Crippen molar-refractivity contribution in [2.24, 2.45) is 5.73 Å². The SMILES string of the molecule is NC(=O)c1cccc(NC(=O)c2cc(F)c(Cl)nc2Cl)n1. The van der Waals surface area contributed by atoms with Crippen LogP contribution in [0.15, 0.2) is 24.3 Å². The van der Waals surface area contributed by atoms with Gasteiger partial charge in [-0.1, -0.05) is 29.3 Å². The van der Waals surface area contributed by atoms with Crippen LogP contribution in [0.5, 0.6) is 0 Å². The highest BCUT2D eigenvalue weighted by atomic mass is 35.5. The maximum Gasteiger partial charge on any atom is 0.267 e. The third kappa shape index (κ3) is 3.45. The largest absolute Gasteiger partial charge is 0.364 e. The van der Waals surface area contributed by atoms with E-state index in [4.69, 9.17) is 28.9 Å². The van der Waals surface area contributed by atoms with Crippen LogP contribution in [0.4, 0.5) is 10.2 Å². The molecule has 21 heavy (non-hydrogen) atoms. The van der Waals surface area contributed by atoms with Crippen LogP contribution in [0.2, 0.25) is 10.3 Å². The molecule has 0 saturated heterocycles. The van der Waals surface area contributed by atoms with Gasteiger partial charge >= 0.3 is 0 Å². The van der Waals surface area contributed by atoms with E-state index in [1.807, 2.05) is 0 Å². The van der Waals surface area contributed by atoms with Gasteiger partial charge in [-0.3, -0.25) is 9.59 Å². The minimum atomic E-state index is -0.884. The van der Waals surface area contributed by atoms with Crippen LogP contribution in [0.3, 0.4) is 0 Å². The van der Waals surface area contributed by atoms with E-state index in [1.54, 1.807) is 0 Å². The van der Waals surface area contributed by atoms with E-state index in [2.05, 4.69) is 15.3 Å². The number of hydrogen-bond donors (Lipinski definition) is 2. The van der Waals surface area contributed by atoms with E-state index in [1.165, 1.54) is 18.2 Å². The average molecular weight is 329 g/mol. The Morgan fingerprint density at radius 3 is 2.57 bits per heavy atom. The third-order valence-electron chi connectivity index (χ3n) is 2.37. The quantitative estimate of drug-likeness (QED) is 0.844. The van der Waals surface area contributed by atoms with Crippen LogP contribution in [-0.2, 0) is 0 Å². The molecule has 0 fully saturated rings. The maximum atomic E-state index is 13.3. The van der Waals surface area contributed by atoms with Gasteiger partial charge in [0.1, 0.15) is 16.7 Å². The van der Waals surface area contributed by atoms with Crippen molar-refractivity contribution in [3.8, 4) is 0 Å². The number of hydrogen-bond acceptors (Lipinski definition) is 4. The molecule has 0 unspecified atom stereocenters. The zero-order valence-corrected chi connectivity index (χ0v) is 11.7. The first-order valence-corrected chi connectivity index (χ1v) is 6.24. The van der Waals surface area contributed by atoms with Gasteiger partial charge in [-0.25, -0.2) is 14.4 Å².